The number of carbonyl (C=O) groups excluding carboxylic acids is 1. The lowest BCUT2D eigenvalue weighted by Gasteiger charge is -2.31. The lowest BCUT2D eigenvalue weighted by Crippen LogP contribution is -2.36. The number of anilines is 1. The molecule has 192 valence electrons. The summed E-state index contributed by atoms with van der Waals surface area (Å²) < 4.78 is 11.5. The number of carbonyl (C=O) groups is 1. The highest BCUT2D eigenvalue weighted by atomic mass is 16.5. The maximum Gasteiger partial charge on any atom is 0.251 e. The van der Waals surface area contributed by atoms with E-state index in [0.29, 0.717) is 12.6 Å². The zero-order chi connectivity index (χ0) is 25.5. The molecule has 0 bridgehead atoms. The molecule has 0 unspecified atom stereocenters. The van der Waals surface area contributed by atoms with E-state index in [1.807, 2.05) is 42.5 Å². The number of nitrogens with one attached hydrogen (secondary N) is 1. The molecule has 1 aliphatic heterocycles. The van der Waals surface area contributed by atoms with E-state index in [4.69, 9.17) is 9.47 Å². The largest absolute Gasteiger partial charge is 0.489 e. The summed E-state index contributed by atoms with van der Waals surface area (Å²) in [5, 5.41) is 3.11. The van der Waals surface area contributed by atoms with E-state index in [9.17, 15) is 4.79 Å². The molecule has 1 amide bonds. The van der Waals surface area contributed by atoms with Gasteiger partial charge in [-0.15, -0.1) is 0 Å². The van der Waals surface area contributed by atoms with Crippen molar-refractivity contribution in [1.82, 2.24) is 4.90 Å². The third kappa shape index (κ3) is 6.88. The predicted molar refractivity (Wildman–Crippen MR) is 149 cm³/mol. The molecule has 5 heteroatoms. The molecular weight excluding hydrogens is 460 g/mol. The van der Waals surface area contributed by atoms with Crippen LogP contribution >= 0.6 is 0 Å². The summed E-state index contributed by atoms with van der Waals surface area (Å²) in [7, 11) is 2.18. The van der Waals surface area contributed by atoms with Crippen LogP contribution in [0.1, 0.15) is 47.9 Å². The first-order chi connectivity index (χ1) is 18.1. The molecule has 1 fully saturated rings. The molecule has 0 radical (unpaired) electrons. The van der Waals surface area contributed by atoms with Crippen LogP contribution in [0.5, 0.6) is 5.75 Å². The lowest BCUT2D eigenvalue weighted by molar-refractivity contribution is -0.112. The van der Waals surface area contributed by atoms with Gasteiger partial charge >= 0.3 is 0 Å². The van der Waals surface area contributed by atoms with Crippen LogP contribution in [0.4, 0.5) is 5.69 Å². The number of aryl methyl sites for hydroxylation is 1. The van der Waals surface area contributed by atoms with Crippen molar-refractivity contribution in [2.75, 3.05) is 25.6 Å². The van der Waals surface area contributed by atoms with Gasteiger partial charge in [-0.05, 0) is 91.7 Å². The van der Waals surface area contributed by atoms with Crippen molar-refractivity contribution in [3.05, 3.63) is 101 Å². The highest BCUT2D eigenvalue weighted by Gasteiger charge is 2.19. The van der Waals surface area contributed by atoms with Crippen molar-refractivity contribution in [2.45, 2.75) is 51.3 Å². The van der Waals surface area contributed by atoms with E-state index >= 15 is 0 Å². The fraction of sp³-hybridized carbons (Fsp3) is 0.344. The first kappa shape index (κ1) is 25.2. The van der Waals surface area contributed by atoms with Gasteiger partial charge in [0.1, 0.15) is 12.4 Å². The molecule has 1 heterocycles. The van der Waals surface area contributed by atoms with Gasteiger partial charge in [-0.3, -0.25) is 9.69 Å². The normalized spacial score (nSPS) is 16.0. The Bertz CT molecular complexity index is 1210. The van der Waals surface area contributed by atoms with Gasteiger partial charge in [-0.1, -0.05) is 48.5 Å². The van der Waals surface area contributed by atoms with Crippen molar-refractivity contribution < 1.29 is 14.3 Å². The van der Waals surface area contributed by atoms with Gasteiger partial charge in [0.05, 0.1) is 0 Å². The van der Waals surface area contributed by atoms with E-state index in [-0.39, 0.29) is 5.91 Å². The molecule has 0 aromatic heterocycles. The summed E-state index contributed by atoms with van der Waals surface area (Å²) in [6.45, 7) is 3.12. The van der Waals surface area contributed by atoms with Crippen LogP contribution in [0.2, 0.25) is 0 Å². The maximum absolute atomic E-state index is 13.2. The molecule has 0 spiro atoms. The van der Waals surface area contributed by atoms with E-state index in [1.54, 1.807) is 0 Å². The monoisotopic (exact) mass is 496 g/mol. The molecular formula is C32H36N2O3. The topological polar surface area (TPSA) is 50.8 Å². The quantitative estimate of drug-likeness (QED) is 0.401. The Morgan fingerprint density at radius 2 is 1.76 bits per heavy atom. The maximum atomic E-state index is 13.2. The molecule has 1 N–H and O–H groups in total. The molecule has 0 atom stereocenters. The van der Waals surface area contributed by atoms with Crippen LogP contribution in [0, 0.1) is 0 Å². The summed E-state index contributed by atoms with van der Waals surface area (Å²) >= 11 is 0. The van der Waals surface area contributed by atoms with Crippen LogP contribution in [-0.2, 0) is 29.1 Å². The molecule has 1 saturated heterocycles. The molecule has 0 saturated carbocycles. The number of benzene rings is 3. The smallest absolute Gasteiger partial charge is 0.251 e. The van der Waals surface area contributed by atoms with Crippen molar-refractivity contribution in [1.29, 1.82) is 0 Å². The summed E-state index contributed by atoms with van der Waals surface area (Å²) in [5.74, 6) is 0.789. The van der Waals surface area contributed by atoms with Crippen LogP contribution in [0.3, 0.4) is 0 Å². The summed E-state index contributed by atoms with van der Waals surface area (Å²) in [6.07, 6.45) is 6.87. The van der Waals surface area contributed by atoms with E-state index < -0.39 is 0 Å². The molecule has 3 aromatic carbocycles. The number of hydrogen-bond acceptors (Lipinski definition) is 4. The van der Waals surface area contributed by atoms with E-state index in [0.717, 1.165) is 80.0 Å². The van der Waals surface area contributed by atoms with Gasteiger partial charge in [0.25, 0.3) is 5.91 Å². The molecule has 5 rings (SSSR count). The Hall–Kier alpha value is -3.41. The fourth-order valence-electron chi connectivity index (χ4n) is 5.12. The SMILES string of the molecule is CN(Cc1ccc(NC(=O)C2=Cc3cc(OCc4ccccc4)ccc3CCC2)cc1)C1CCOCC1. The number of amides is 1. The standard InChI is InChI=1S/C32H36N2O3/c1-34(30-16-18-36-19-17-30)22-24-10-13-29(14-11-24)33-32(35)27-9-5-8-26-12-15-31(21-28(26)20-27)37-23-25-6-3-2-4-7-25/h2-4,6-7,10-15,20-21,30H,5,8-9,16-19,22-23H2,1H3,(H,33,35). The zero-order valence-corrected chi connectivity index (χ0v) is 21.6. The Morgan fingerprint density at radius 1 is 0.973 bits per heavy atom. The number of fused-ring (bicyclic) bond motifs is 1. The molecule has 2 aliphatic rings. The molecule has 5 nitrogen and oxygen atoms in total. The predicted octanol–water partition coefficient (Wildman–Crippen LogP) is 6.23. The minimum atomic E-state index is -0.0319. The van der Waals surface area contributed by atoms with Gasteiger partial charge in [-0.2, -0.15) is 0 Å². The number of hydrogen-bond donors (Lipinski definition) is 1. The lowest BCUT2D eigenvalue weighted by atomic mass is 10.0. The Morgan fingerprint density at radius 3 is 2.54 bits per heavy atom. The fourth-order valence-corrected chi connectivity index (χ4v) is 5.12. The highest BCUT2D eigenvalue weighted by Crippen LogP contribution is 2.28. The van der Waals surface area contributed by atoms with E-state index in [1.165, 1.54) is 11.1 Å². The summed E-state index contributed by atoms with van der Waals surface area (Å²) in [6, 6.07) is 25.2. The van der Waals surface area contributed by atoms with E-state index in [2.05, 4.69) is 53.7 Å². The van der Waals surface area contributed by atoms with Crippen molar-refractivity contribution in [3.63, 3.8) is 0 Å². The average Bonchev–Trinajstić information content (AvgIpc) is 3.16. The molecule has 1 aliphatic carbocycles. The Kier molecular flexibility index (Phi) is 8.34. The second kappa shape index (κ2) is 12.2. The number of ether oxygens (including phenoxy) is 2. The van der Waals surface area contributed by atoms with Gasteiger partial charge in [-0.25, -0.2) is 0 Å². The molecule has 37 heavy (non-hydrogen) atoms. The second-order valence-corrected chi connectivity index (χ2v) is 10.1. The average molecular weight is 497 g/mol. The van der Waals surface area contributed by atoms with Crippen LogP contribution in [0.25, 0.3) is 6.08 Å². The summed E-state index contributed by atoms with van der Waals surface area (Å²) in [5.41, 5.74) is 6.34. The van der Waals surface area contributed by atoms with Gasteiger partial charge in [0.2, 0.25) is 0 Å². The van der Waals surface area contributed by atoms with Crippen molar-refractivity contribution in [2.24, 2.45) is 0 Å². The summed E-state index contributed by atoms with van der Waals surface area (Å²) in [4.78, 5) is 15.6. The van der Waals surface area contributed by atoms with Gasteiger partial charge < -0.3 is 14.8 Å². The van der Waals surface area contributed by atoms with Gasteiger partial charge in [0.15, 0.2) is 0 Å². The minimum Gasteiger partial charge on any atom is -0.489 e. The third-order valence-electron chi connectivity index (χ3n) is 7.34. The van der Waals surface area contributed by atoms with Gasteiger partial charge in [0, 0.05) is 37.1 Å². The Labute approximate surface area is 220 Å². The van der Waals surface area contributed by atoms with Crippen molar-refractivity contribution in [3.8, 4) is 5.75 Å². The molecule has 3 aromatic rings. The number of rotatable bonds is 8. The van der Waals surface area contributed by atoms with Crippen LogP contribution < -0.4 is 10.1 Å². The highest BCUT2D eigenvalue weighted by molar-refractivity contribution is 6.07. The van der Waals surface area contributed by atoms with Crippen molar-refractivity contribution >= 4 is 17.7 Å². The zero-order valence-electron chi connectivity index (χ0n) is 21.6. The number of nitrogens with zero attached hydrogens (tertiary/aromatic N) is 1. The first-order valence-corrected chi connectivity index (χ1v) is 13.3. The minimum absolute atomic E-state index is 0.0319. The Balaban J connectivity index is 1.21. The van der Waals surface area contributed by atoms with Crippen LogP contribution in [-0.4, -0.2) is 37.1 Å². The first-order valence-electron chi connectivity index (χ1n) is 13.3. The third-order valence-corrected chi connectivity index (χ3v) is 7.34. The van der Waals surface area contributed by atoms with Crippen LogP contribution in [0.15, 0.2) is 78.4 Å². The second-order valence-electron chi connectivity index (χ2n) is 10.1.